The average molecular weight is 695 g/mol. The molecule has 2 aromatic carbocycles. The highest BCUT2D eigenvalue weighted by Gasteiger charge is 2.26. The second-order valence-corrected chi connectivity index (χ2v) is 13.5. The summed E-state index contributed by atoms with van der Waals surface area (Å²) >= 11 is 0. The molecule has 2 atom stereocenters. The Morgan fingerprint density at radius 1 is 0.560 bits per heavy atom. The lowest BCUT2D eigenvalue weighted by Crippen LogP contribution is -2.47. The summed E-state index contributed by atoms with van der Waals surface area (Å²) in [5.74, 6) is -3.55. The van der Waals surface area contributed by atoms with Crippen molar-refractivity contribution in [3.63, 3.8) is 0 Å². The Bertz CT molecular complexity index is 1350. The van der Waals surface area contributed by atoms with Crippen LogP contribution < -0.4 is 21.7 Å². The molecule has 2 rings (SSSR count). The lowest BCUT2D eigenvalue weighted by atomic mass is 9.90. The third-order valence-electron chi connectivity index (χ3n) is 9.29. The second-order valence-electron chi connectivity index (χ2n) is 13.5. The van der Waals surface area contributed by atoms with Crippen molar-refractivity contribution in [3.05, 3.63) is 58.7 Å². The van der Waals surface area contributed by atoms with E-state index in [0.717, 1.165) is 77.0 Å². The van der Waals surface area contributed by atoms with Crippen LogP contribution >= 0.6 is 0 Å². The number of aromatic hydroxyl groups is 2. The van der Waals surface area contributed by atoms with Gasteiger partial charge in [-0.15, -0.1) is 0 Å². The fraction of sp³-hybridized carbons (Fsp3) is 0.600. The minimum atomic E-state index is -0.644. The zero-order valence-corrected chi connectivity index (χ0v) is 30.9. The number of carbonyl (C=O) groups excluding carboxylic acids is 4. The first-order valence-corrected chi connectivity index (χ1v) is 19.0. The van der Waals surface area contributed by atoms with Gasteiger partial charge < -0.3 is 10.2 Å². The molecule has 2 aromatic rings. The third kappa shape index (κ3) is 14.8. The molecule has 0 saturated heterocycles. The molecule has 0 spiro atoms. The van der Waals surface area contributed by atoms with E-state index < -0.39 is 35.5 Å². The van der Waals surface area contributed by atoms with Crippen LogP contribution in [0.15, 0.2) is 36.4 Å². The summed E-state index contributed by atoms with van der Waals surface area (Å²) < 4.78 is 0. The number of benzene rings is 2. The van der Waals surface area contributed by atoms with E-state index in [-0.39, 0.29) is 29.0 Å². The third-order valence-corrected chi connectivity index (χ3v) is 9.29. The minimum absolute atomic E-state index is 0.0801. The van der Waals surface area contributed by atoms with Gasteiger partial charge in [0.1, 0.15) is 11.5 Å². The van der Waals surface area contributed by atoms with Gasteiger partial charge in [-0.1, -0.05) is 129 Å². The van der Waals surface area contributed by atoms with Crippen LogP contribution in [0.5, 0.6) is 11.5 Å². The van der Waals surface area contributed by atoms with Crippen LogP contribution in [0.1, 0.15) is 162 Å². The number of carbonyl (C=O) groups is 4. The van der Waals surface area contributed by atoms with Gasteiger partial charge in [-0.05, 0) is 61.8 Å². The normalized spacial score (nSPS) is 12.2. The molecule has 10 heteroatoms. The monoisotopic (exact) mass is 694 g/mol. The van der Waals surface area contributed by atoms with Crippen molar-refractivity contribution < 1.29 is 29.4 Å². The number of phenols is 2. The Morgan fingerprint density at radius 2 is 0.980 bits per heavy atom. The summed E-state index contributed by atoms with van der Waals surface area (Å²) in [4.78, 5) is 52.2. The van der Waals surface area contributed by atoms with Gasteiger partial charge in [-0.3, -0.25) is 40.9 Å². The molecule has 0 radical (unpaired) electrons. The molecule has 0 bridgehead atoms. The van der Waals surface area contributed by atoms with E-state index in [0.29, 0.717) is 30.4 Å². The Morgan fingerprint density at radius 3 is 1.44 bits per heavy atom. The number of para-hydroxylation sites is 2. The van der Waals surface area contributed by atoms with Crippen molar-refractivity contribution in [3.8, 4) is 11.5 Å². The molecular weight excluding hydrogens is 632 g/mol. The molecule has 0 saturated carbocycles. The molecule has 10 nitrogen and oxygen atoms in total. The van der Waals surface area contributed by atoms with E-state index >= 15 is 0 Å². The fourth-order valence-corrected chi connectivity index (χ4v) is 6.09. The van der Waals surface area contributed by atoms with Crippen LogP contribution in [-0.2, 0) is 22.4 Å². The average Bonchev–Trinajstić information content (AvgIpc) is 3.11. The summed E-state index contributed by atoms with van der Waals surface area (Å²) in [6.45, 7) is 8.09. The lowest BCUT2D eigenvalue weighted by Gasteiger charge is -2.21. The summed E-state index contributed by atoms with van der Waals surface area (Å²) in [7, 11) is 0. The molecule has 0 aliphatic rings. The molecule has 6 N–H and O–H groups in total. The van der Waals surface area contributed by atoms with E-state index in [9.17, 15) is 29.4 Å². The summed E-state index contributed by atoms with van der Waals surface area (Å²) in [5, 5.41) is 21.5. The van der Waals surface area contributed by atoms with Crippen LogP contribution in [-0.4, -0.2) is 33.8 Å². The van der Waals surface area contributed by atoms with E-state index in [1.54, 1.807) is 25.1 Å². The zero-order valence-electron chi connectivity index (χ0n) is 30.9. The smallest absolute Gasteiger partial charge is 0.273 e. The van der Waals surface area contributed by atoms with Gasteiger partial charge in [0.15, 0.2) is 0 Å². The molecule has 0 heterocycles. The molecule has 0 aliphatic carbocycles. The van der Waals surface area contributed by atoms with Gasteiger partial charge in [-0.25, -0.2) is 0 Å². The zero-order chi connectivity index (χ0) is 36.7. The Balaban J connectivity index is 1.97. The predicted molar refractivity (Wildman–Crippen MR) is 198 cm³/mol. The van der Waals surface area contributed by atoms with Crippen molar-refractivity contribution in [1.29, 1.82) is 0 Å². The van der Waals surface area contributed by atoms with Gasteiger partial charge in [0.2, 0.25) is 11.8 Å². The molecule has 50 heavy (non-hydrogen) atoms. The minimum Gasteiger partial charge on any atom is -0.507 e. The SMILES string of the molecule is CCCCCCCc1cccc(C(=O)NNC(=O)C(C)CC(CCCCCC)C(=O)NNC(=O)c2cccc(CCCCCCC)c2O)c1O. The maximum Gasteiger partial charge on any atom is 0.273 e. The van der Waals surface area contributed by atoms with Gasteiger partial charge in [-0.2, -0.15) is 0 Å². The van der Waals surface area contributed by atoms with Gasteiger partial charge >= 0.3 is 0 Å². The fourth-order valence-electron chi connectivity index (χ4n) is 6.09. The van der Waals surface area contributed by atoms with Crippen molar-refractivity contribution in [2.24, 2.45) is 11.8 Å². The summed E-state index contributed by atoms with van der Waals surface area (Å²) in [6.07, 6.45) is 16.7. The number of amides is 4. The first-order chi connectivity index (χ1) is 24.1. The van der Waals surface area contributed by atoms with E-state index in [2.05, 4.69) is 42.5 Å². The molecule has 2 unspecified atom stereocenters. The molecule has 0 aliphatic heterocycles. The first kappa shape index (κ1) is 42.1. The van der Waals surface area contributed by atoms with Crippen LogP contribution in [0.4, 0.5) is 0 Å². The van der Waals surface area contributed by atoms with Crippen molar-refractivity contribution in [2.75, 3.05) is 0 Å². The Kier molecular flexibility index (Phi) is 20.3. The highest BCUT2D eigenvalue weighted by Crippen LogP contribution is 2.26. The standard InChI is InChI=1S/C40H62N4O6/c1-5-8-11-14-17-21-30-24-19-26-33(35(30)45)39(49)43-41-37(47)29(4)28-32(23-16-13-10-7-3)38(48)42-44-40(50)34-27-20-25-31(36(34)46)22-18-15-12-9-6-2/h19-20,24-27,29,32,45-46H,5-18,21-23,28H2,1-4H3,(H,41,47)(H,42,48)(H,43,49)(H,44,50). The number of hydrogen-bond donors (Lipinski definition) is 6. The second kappa shape index (κ2) is 24.1. The number of nitrogens with one attached hydrogen (secondary N) is 4. The maximum absolute atomic E-state index is 13.3. The summed E-state index contributed by atoms with van der Waals surface area (Å²) in [5.41, 5.74) is 11.4. The van der Waals surface area contributed by atoms with Crippen LogP contribution in [0.3, 0.4) is 0 Å². The predicted octanol–water partition coefficient (Wildman–Crippen LogP) is 7.96. The van der Waals surface area contributed by atoms with Crippen LogP contribution in [0, 0.1) is 11.8 Å². The topological polar surface area (TPSA) is 157 Å². The molecule has 0 aromatic heterocycles. The van der Waals surface area contributed by atoms with Crippen molar-refractivity contribution in [2.45, 2.75) is 143 Å². The van der Waals surface area contributed by atoms with Crippen molar-refractivity contribution >= 4 is 23.6 Å². The molecule has 4 amide bonds. The highest BCUT2D eigenvalue weighted by atomic mass is 16.3. The van der Waals surface area contributed by atoms with Crippen LogP contribution in [0.2, 0.25) is 0 Å². The largest absolute Gasteiger partial charge is 0.507 e. The highest BCUT2D eigenvalue weighted by molar-refractivity contribution is 5.99. The number of aryl methyl sites for hydroxylation is 2. The number of phenolic OH excluding ortho intramolecular Hbond substituents is 2. The van der Waals surface area contributed by atoms with Gasteiger partial charge in [0.05, 0.1) is 11.1 Å². The molecule has 278 valence electrons. The molecule has 0 fully saturated rings. The molecular formula is C40H62N4O6. The quantitative estimate of drug-likeness (QED) is 0.0512. The van der Waals surface area contributed by atoms with Crippen LogP contribution in [0.25, 0.3) is 0 Å². The van der Waals surface area contributed by atoms with Crippen molar-refractivity contribution in [1.82, 2.24) is 21.7 Å². The number of hydrogen-bond acceptors (Lipinski definition) is 6. The van der Waals surface area contributed by atoms with E-state index in [1.807, 2.05) is 6.07 Å². The Labute approximate surface area is 299 Å². The van der Waals surface area contributed by atoms with Gasteiger partial charge in [0, 0.05) is 11.8 Å². The van der Waals surface area contributed by atoms with Gasteiger partial charge in [0.25, 0.3) is 11.8 Å². The number of hydrazine groups is 2. The maximum atomic E-state index is 13.3. The number of unbranched alkanes of at least 4 members (excludes halogenated alkanes) is 11. The lowest BCUT2D eigenvalue weighted by molar-refractivity contribution is -0.129. The Hall–Kier alpha value is -4.08. The van der Waals surface area contributed by atoms with E-state index in [4.69, 9.17) is 0 Å². The van der Waals surface area contributed by atoms with E-state index in [1.165, 1.54) is 25.0 Å². The first-order valence-electron chi connectivity index (χ1n) is 19.0. The summed E-state index contributed by atoms with van der Waals surface area (Å²) in [6, 6.07) is 10.1. The number of rotatable bonds is 23.